The number of ether oxygens (including phenoxy) is 1. The fourth-order valence-electron chi connectivity index (χ4n) is 1.61. The summed E-state index contributed by atoms with van der Waals surface area (Å²) in [6.45, 7) is 1.99. The van der Waals surface area contributed by atoms with Gasteiger partial charge in [-0.15, -0.1) is 0 Å². The lowest BCUT2D eigenvalue weighted by atomic mass is 10.1. The second kappa shape index (κ2) is 4.71. The Bertz CT molecular complexity index is 617. The molecule has 0 spiro atoms. The van der Waals surface area contributed by atoms with Crippen LogP contribution in [0.15, 0.2) is 18.3 Å². The van der Waals surface area contributed by atoms with E-state index in [4.69, 9.17) is 4.74 Å². The summed E-state index contributed by atoms with van der Waals surface area (Å²) in [6, 6.07) is 3.51. The number of aromatic nitrogens is 2. The highest BCUT2D eigenvalue weighted by Crippen LogP contribution is 2.20. The maximum absolute atomic E-state index is 11.5. The number of carbonyl (C=O) groups is 1. The molecule has 0 aliphatic heterocycles. The second-order valence-electron chi connectivity index (χ2n) is 3.47. The molecule has 0 aliphatic carbocycles. The van der Waals surface area contributed by atoms with E-state index in [0.717, 1.165) is 17.4 Å². The first-order valence-electron chi connectivity index (χ1n) is 5.31. The SMILES string of the molecule is CCC#Cc1ccc(C(=O)OC)c2[nH]ncc12. The van der Waals surface area contributed by atoms with Crippen LogP contribution in [0.4, 0.5) is 0 Å². The third-order valence-corrected chi connectivity index (χ3v) is 2.42. The van der Waals surface area contributed by atoms with Gasteiger partial charge in [-0.25, -0.2) is 4.79 Å². The van der Waals surface area contributed by atoms with Gasteiger partial charge < -0.3 is 4.74 Å². The van der Waals surface area contributed by atoms with Crippen molar-refractivity contribution in [2.24, 2.45) is 0 Å². The Morgan fingerprint density at radius 1 is 1.53 bits per heavy atom. The monoisotopic (exact) mass is 228 g/mol. The third-order valence-electron chi connectivity index (χ3n) is 2.42. The van der Waals surface area contributed by atoms with Gasteiger partial charge in [-0.05, 0) is 12.1 Å². The molecular weight excluding hydrogens is 216 g/mol. The van der Waals surface area contributed by atoms with Crippen LogP contribution in [0.1, 0.15) is 29.3 Å². The smallest absolute Gasteiger partial charge is 0.340 e. The molecule has 0 radical (unpaired) electrons. The van der Waals surface area contributed by atoms with Crippen LogP contribution in [0.25, 0.3) is 10.9 Å². The number of hydrogen-bond donors (Lipinski definition) is 1. The van der Waals surface area contributed by atoms with Crippen molar-refractivity contribution < 1.29 is 9.53 Å². The van der Waals surface area contributed by atoms with Crippen LogP contribution in [0.3, 0.4) is 0 Å². The molecule has 4 nitrogen and oxygen atoms in total. The number of aromatic amines is 1. The summed E-state index contributed by atoms with van der Waals surface area (Å²) >= 11 is 0. The molecule has 2 aromatic rings. The van der Waals surface area contributed by atoms with Gasteiger partial charge in [0.1, 0.15) is 0 Å². The highest BCUT2D eigenvalue weighted by Gasteiger charge is 2.13. The van der Waals surface area contributed by atoms with Crippen molar-refractivity contribution in [1.82, 2.24) is 10.2 Å². The minimum atomic E-state index is -0.380. The van der Waals surface area contributed by atoms with Crippen molar-refractivity contribution in [2.75, 3.05) is 7.11 Å². The molecular formula is C13H12N2O2. The zero-order valence-corrected chi connectivity index (χ0v) is 9.70. The molecule has 0 amide bonds. The van der Waals surface area contributed by atoms with Crippen LogP contribution in [-0.4, -0.2) is 23.3 Å². The first-order chi connectivity index (χ1) is 8.27. The largest absolute Gasteiger partial charge is 0.465 e. The maximum Gasteiger partial charge on any atom is 0.340 e. The fourth-order valence-corrected chi connectivity index (χ4v) is 1.61. The quantitative estimate of drug-likeness (QED) is 0.600. The van der Waals surface area contributed by atoms with Gasteiger partial charge in [0, 0.05) is 17.4 Å². The molecule has 0 saturated carbocycles. The van der Waals surface area contributed by atoms with E-state index in [1.165, 1.54) is 7.11 Å². The van der Waals surface area contributed by atoms with Crippen molar-refractivity contribution in [3.63, 3.8) is 0 Å². The number of hydrogen-bond acceptors (Lipinski definition) is 3. The number of rotatable bonds is 1. The van der Waals surface area contributed by atoms with Crippen LogP contribution in [-0.2, 0) is 4.74 Å². The molecule has 2 rings (SSSR count). The van der Waals surface area contributed by atoms with Crippen LogP contribution in [0, 0.1) is 11.8 Å². The first-order valence-corrected chi connectivity index (χ1v) is 5.31. The minimum absolute atomic E-state index is 0.380. The highest BCUT2D eigenvalue weighted by atomic mass is 16.5. The summed E-state index contributed by atoms with van der Waals surface area (Å²) in [5, 5.41) is 7.59. The Labute approximate surface area is 99.0 Å². The number of methoxy groups -OCH3 is 1. The number of fused-ring (bicyclic) bond motifs is 1. The van der Waals surface area contributed by atoms with Gasteiger partial charge in [-0.3, -0.25) is 5.10 Å². The molecule has 17 heavy (non-hydrogen) atoms. The number of H-pyrrole nitrogens is 1. The number of benzene rings is 1. The van der Waals surface area contributed by atoms with Crippen molar-refractivity contribution in [3.8, 4) is 11.8 Å². The molecule has 4 heteroatoms. The van der Waals surface area contributed by atoms with E-state index in [1.54, 1.807) is 12.3 Å². The predicted molar refractivity (Wildman–Crippen MR) is 64.6 cm³/mol. The molecule has 1 heterocycles. The molecule has 1 aromatic carbocycles. The molecule has 86 valence electrons. The lowest BCUT2D eigenvalue weighted by molar-refractivity contribution is 0.0603. The fraction of sp³-hybridized carbons (Fsp3) is 0.231. The van der Waals surface area contributed by atoms with E-state index < -0.39 is 0 Å². The topological polar surface area (TPSA) is 55.0 Å². The molecule has 0 bridgehead atoms. The summed E-state index contributed by atoms with van der Waals surface area (Å²) < 4.78 is 4.71. The Morgan fingerprint density at radius 2 is 2.35 bits per heavy atom. The molecule has 1 N–H and O–H groups in total. The van der Waals surface area contributed by atoms with Crippen LogP contribution in [0.2, 0.25) is 0 Å². The summed E-state index contributed by atoms with van der Waals surface area (Å²) in [5.74, 6) is 5.67. The lowest BCUT2D eigenvalue weighted by Crippen LogP contribution is -2.02. The van der Waals surface area contributed by atoms with Crippen LogP contribution in [0.5, 0.6) is 0 Å². The Balaban J connectivity index is 2.62. The molecule has 0 unspecified atom stereocenters. The van der Waals surface area contributed by atoms with Crippen molar-refractivity contribution in [3.05, 3.63) is 29.5 Å². The standard InChI is InChI=1S/C13H12N2O2/c1-3-4-5-9-6-7-10(13(16)17-2)12-11(9)8-14-15-12/h6-8H,3H2,1-2H3,(H,14,15). The predicted octanol–water partition coefficient (Wildman–Crippen LogP) is 2.11. The van der Waals surface area contributed by atoms with Crippen LogP contribution >= 0.6 is 0 Å². The van der Waals surface area contributed by atoms with E-state index in [9.17, 15) is 4.79 Å². The lowest BCUT2D eigenvalue weighted by Gasteiger charge is -2.01. The van der Waals surface area contributed by atoms with Crippen molar-refractivity contribution >= 4 is 16.9 Å². The number of esters is 1. The maximum atomic E-state index is 11.5. The van der Waals surface area contributed by atoms with Gasteiger partial charge >= 0.3 is 5.97 Å². The Kier molecular flexibility index (Phi) is 3.10. The molecule has 0 saturated heterocycles. The molecule has 0 atom stereocenters. The number of carbonyl (C=O) groups excluding carboxylic acids is 1. The summed E-state index contributed by atoms with van der Waals surface area (Å²) in [4.78, 5) is 11.5. The normalized spacial score (nSPS) is 9.76. The average Bonchev–Trinajstić information content (AvgIpc) is 2.84. The van der Waals surface area contributed by atoms with E-state index in [1.807, 2.05) is 13.0 Å². The van der Waals surface area contributed by atoms with Gasteiger partial charge in [-0.2, -0.15) is 5.10 Å². The number of nitrogens with zero attached hydrogens (tertiary/aromatic N) is 1. The Hall–Kier alpha value is -2.28. The van der Waals surface area contributed by atoms with Crippen LogP contribution < -0.4 is 0 Å². The summed E-state index contributed by atoms with van der Waals surface area (Å²) in [6.07, 6.45) is 2.46. The molecule has 0 fully saturated rings. The third kappa shape index (κ3) is 2.00. The van der Waals surface area contributed by atoms with Gasteiger partial charge in [0.2, 0.25) is 0 Å². The van der Waals surface area contributed by atoms with E-state index >= 15 is 0 Å². The molecule has 0 aliphatic rings. The zero-order valence-electron chi connectivity index (χ0n) is 9.70. The van der Waals surface area contributed by atoms with E-state index in [2.05, 4.69) is 22.0 Å². The van der Waals surface area contributed by atoms with Gasteiger partial charge in [0.15, 0.2) is 0 Å². The molecule has 1 aromatic heterocycles. The Morgan fingerprint density at radius 3 is 3.06 bits per heavy atom. The number of nitrogens with one attached hydrogen (secondary N) is 1. The first kappa shape index (κ1) is 11.2. The summed E-state index contributed by atoms with van der Waals surface area (Å²) in [7, 11) is 1.36. The van der Waals surface area contributed by atoms with Crippen molar-refractivity contribution in [1.29, 1.82) is 0 Å². The van der Waals surface area contributed by atoms with Crippen molar-refractivity contribution in [2.45, 2.75) is 13.3 Å². The highest BCUT2D eigenvalue weighted by molar-refractivity contribution is 6.04. The zero-order chi connectivity index (χ0) is 12.3. The average molecular weight is 228 g/mol. The summed E-state index contributed by atoms with van der Waals surface area (Å²) in [5.41, 5.74) is 2.00. The van der Waals surface area contributed by atoms with Gasteiger partial charge in [0.25, 0.3) is 0 Å². The van der Waals surface area contributed by atoms with E-state index in [-0.39, 0.29) is 5.97 Å². The minimum Gasteiger partial charge on any atom is -0.465 e. The second-order valence-corrected chi connectivity index (χ2v) is 3.47. The van der Waals surface area contributed by atoms with Gasteiger partial charge in [0.05, 0.1) is 24.4 Å². The van der Waals surface area contributed by atoms with Gasteiger partial charge in [-0.1, -0.05) is 18.8 Å². The van der Waals surface area contributed by atoms with E-state index in [0.29, 0.717) is 11.1 Å².